The zero-order chi connectivity index (χ0) is 12.4. The molecule has 2 nitrogen and oxygen atoms in total. The highest BCUT2D eigenvalue weighted by atomic mass is 32.2. The van der Waals surface area contributed by atoms with Gasteiger partial charge in [0.15, 0.2) is 0 Å². The lowest BCUT2D eigenvalue weighted by Gasteiger charge is -2.25. The van der Waals surface area contributed by atoms with E-state index >= 15 is 0 Å². The van der Waals surface area contributed by atoms with E-state index in [9.17, 15) is 4.21 Å². The fourth-order valence-corrected chi connectivity index (χ4v) is 3.91. The molecule has 0 heterocycles. The number of nitrogens with two attached hydrogens (primary N) is 1. The molecule has 1 aliphatic carbocycles. The van der Waals surface area contributed by atoms with Crippen LogP contribution in [0.2, 0.25) is 0 Å². The Morgan fingerprint density at radius 1 is 1.12 bits per heavy atom. The fourth-order valence-electron chi connectivity index (χ4n) is 2.33. The molecule has 1 aromatic rings. The van der Waals surface area contributed by atoms with Crippen LogP contribution in [0.25, 0.3) is 0 Å². The Morgan fingerprint density at radius 3 is 2.35 bits per heavy atom. The maximum Gasteiger partial charge on any atom is 0.0560 e. The number of hydrogen-bond acceptors (Lipinski definition) is 2. The molecule has 1 unspecified atom stereocenters. The molecule has 0 bridgehead atoms. The van der Waals surface area contributed by atoms with Crippen molar-refractivity contribution in [1.82, 2.24) is 0 Å². The van der Waals surface area contributed by atoms with E-state index in [0.29, 0.717) is 11.3 Å². The molecule has 1 aliphatic rings. The molecular formula is C14H21NOS. The van der Waals surface area contributed by atoms with Crippen LogP contribution in [0, 0.1) is 13.8 Å². The third-order valence-electron chi connectivity index (χ3n) is 3.73. The third-order valence-corrected chi connectivity index (χ3v) is 5.53. The van der Waals surface area contributed by atoms with Crippen LogP contribution in [-0.2, 0) is 10.8 Å². The van der Waals surface area contributed by atoms with E-state index in [1.54, 1.807) is 0 Å². The second-order valence-electron chi connectivity index (χ2n) is 5.08. The highest BCUT2D eigenvalue weighted by Crippen LogP contribution is 2.26. The lowest BCUT2D eigenvalue weighted by Crippen LogP contribution is -2.31. The minimum atomic E-state index is -0.859. The molecule has 0 spiro atoms. The monoisotopic (exact) mass is 251 g/mol. The highest BCUT2D eigenvalue weighted by molar-refractivity contribution is 7.85. The zero-order valence-corrected chi connectivity index (χ0v) is 11.4. The fraction of sp³-hybridized carbons (Fsp3) is 0.571. The molecule has 17 heavy (non-hydrogen) atoms. The Hall–Kier alpha value is -0.670. The predicted molar refractivity (Wildman–Crippen MR) is 72.6 cm³/mol. The molecule has 94 valence electrons. The van der Waals surface area contributed by atoms with Gasteiger partial charge in [0.2, 0.25) is 0 Å². The van der Waals surface area contributed by atoms with Gasteiger partial charge in [0.1, 0.15) is 0 Å². The molecule has 2 N–H and O–H groups in total. The first kappa shape index (κ1) is 12.8. The summed E-state index contributed by atoms with van der Waals surface area (Å²) in [7, 11) is -0.859. The van der Waals surface area contributed by atoms with Crippen LogP contribution in [0.15, 0.2) is 23.1 Å². The summed E-state index contributed by atoms with van der Waals surface area (Å²) < 4.78 is 12.4. The van der Waals surface area contributed by atoms with E-state index in [2.05, 4.69) is 26.0 Å². The van der Waals surface area contributed by atoms with Crippen molar-refractivity contribution in [2.24, 2.45) is 5.73 Å². The highest BCUT2D eigenvalue weighted by Gasteiger charge is 2.24. The van der Waals surface area contributed by atoms with Gasteiger partial charge in [-0.2, -0.15) is 0 Å². The van der Waals surface area contributed by atoms with Crippen molar-refractivity contribution in [2.45, 2.75) is 55.7 Å². The normalized spacial score (nSPS) is 26.8. The summed E-state index contributed by atoms with van der Waals surface area (Å²) in [6.07, 6.45) is 4.03. The quantitative estimate of drug-likeness (QED) is 0.878. The average Bonchev–Trinajstić information content (AvgIpc) is 2.33. The van der Waals surface area contributed by atoms with Crippen molar-refractivity contribution < 1.29 is 4.21 Å². The second-order valence-corrected chi connectivity index (χ2v) is 6.81. The Kier molecular flexibility index (Phi) is 4.00. The average molecular weight is 251 g/mol. The van der Waals surface area contributed by atoms with E-state index in [4.69, 9.17) is 5.73 Å². The third kappa shape index (κ3) is 2.96. The molecule has 0 radical (unpaired) electrons. The summed E-state index contributed by atoms with van der Waals surface area (Å²) in [5.74, 6) is 0. The van der Waals surface area contributed by atoms with Crippen molar-refractivity contribution in [3.63, 3.8) is 0 Å². The van der Waals surface area contributed by atoms with E-state index in [1.165, 1.54) is 11.1 Å². The van der Waals surface area contributed by atoms with Crippen molar-refractivity contribution >= 4 is 10.8 Å². The molecule has 0 aliphatic heterocycles. The van der Waals surface area contributed by atoms with Gasteiger partial charge in [0.05, 0.1) is 10.8 Å². The molecule has 2 rings (SSSR count). The van der Waals surface area contributed by atoms with Crippen LogP contribution in [0.1, 0.15) is 36.8 Å². The minimum absolute atomic E-state index is 0.303. The summed E-state index contributed by atoms with van der Waals surface area (Å²) in [5, 5.41) is 0.303. The molecule has 0 saturated heterocycles. The van der Waals surface area contributed by atoms with Gasteiger partial charge in [-0.15, -0.1) is 0 Å². The molecule has 0 aromatic heterocycles. The Morgan fingerprint density at radius 2 is 1.76 bits per heavy atom. The zero-order valence-electron chi connectivity index (χ0n) is 10.6. The smallest absolute Gasteiger partial charge is 0.0560 e. The van der Waals surface area contributed by atoms with Crippen LogP contribution in [-0.4, -0.2) is 15.5 Å². The second kappa shape index (κ2) is 5.32. The first-order chi connectivity index (χ1) is 8.08. The van der Waals surface area contributed by atoms with E-state index in [-0.39, 0.29) is 0 Å². The van der Waals surface area contributed by atoms with Gasteiger partial charge in [-0.1, -0.05) is 6.07 Å². The van der Waals surface area contributed by atoms with E-state index in [0.717, 1.165) is 30.6 Å². The van der Waals surface area contributed by atoms with E-state index in [1.807, 2.05) is 6.07 Å². The molecule has 3 heteroatoms. The number of rotatable bonds is 2. The van der Waals surface area contributed by atoms with Crippen LogP contribution in [0.5, 0.6) is 0 Å². The van der Waals surface area contributed by atoms with Crippen molar-refractivity contribution in [1.29, 1.82) is 0 Å². The lowest BCUT2D eigenvalue weighted by molar-refractivity contribution is 0.444. The van der Waals surface area contributed by atoms with E-state index < -0.39 is 10.8 Å². The van der Waals surface area contributed by atoms with Crippen molar-refractivity contribution in [2.75, 3.05) is 0 Å². The van der Waals surface area contributed by atoms with Crippen LogP contribution < -0.4 is 5.73 Å². The number of aryl methyl sites for hydroxylation is 2. The molecule has 1 atom stereocenters. The first-order valence-corrected chi connectivity index (χ1v) is 7.52. The number of benzene rings is 1. The summed E-state index contributed by atoms with van der Waals surface area (Å²) in [5.41, 5.74) is 8.37. The predicted octanol–water partition coefficient (Wildman–Crippen LogP) is 2.68. The molecular weight excluding hydrogens is 230 g/mol. The van der Waals surface area contributed by atoms with Crippen LogP contribution in [0.4, 0.5) is 0 Å². The minimum Gasteiger partial charge on any atom is -0.328 e. The van der Waals surface area contributed by atoms with Gasteiger partial charge in [0.25, 0.3) is 0 Å². The first-order valence-electron chi connectivity index (χ1n) is 6.31. The Labute approximate surface area is 106 Å². The van der Waals surface area contributed by atoms with Gasteiger partial charge in [0, 0.05) is 16.2 Å². The Bertz CT molecular complexity index is 422. The summed E-state index contributed by atoms with van der Waals surface area (Å²) in [6, 6.07) is 6.47. The largest absolute Gasteiger partial charge is 0.328 e. The Balaban J connectivity index is 2.11. The SMILES string of the molecule is Cc1ccc(S(=O)C2CCC(N)CC2)cc1C. The number of hydrogen-bond donors (Lipinski definition) is 1. The summed E-state index contributed by atoms with van der Waals surface area (Å²) in [4.78, 5) is 0.980. The van der Waals surface area contributed by atoms with Gasteiger partial charge < -0.3 is 5.73 Å². The van der Waals surface area contributed by atoms with Crippen molar-refractivity contribution in [3.8, 4) is 0 Å². The molecule has 1 aromatic carbocycles. The van der Waals surface area contributed by atoms with Crippen LogP contribution >= 0.6 is 0 Å². The topological polar surface area (TPSA) is 43.1 Å². The maximum absolute atomic E-state index is 12.4. The lowest BCUT2D eigenvalue weighted by atomic mass is 9.96. The van der Waals surface area contributed by atoms with Gasteiger partial charge >= 0.3 is 0 Å². The standard InChI is InChI=1S/C14H21NOS/c1-10-3-6-14(9-11(10)2)17(16)13-7-4-12(15)5-8-13/h3,6,9,12-13H,4-5,7-8,15H2,1-2H3. The van der Waals surface area contributed by atoms with Gasteiger partial charge in [-0.3, -0.25) is 4.21 Å². The summed E-state index contributed by atoms with van der Waals surface area (Å²) >= 11 is 0. The molecule has 0 amide bonds. The maximum atomic E-state index is 12.4. The van der Waals surface area contributed by atoms with Crippen LogP contribution in [0.3, 0.4) is 0 Å². The van der Waals surface area contributed by atoms with Gasteiger partial charge in [-0.05, 0) is 62.8 Å². The van der Waals surface area contributed by atoms with Crippen molar-refractivity contribution in [3.05, 3.63) is 29.3 Å². The summed E-state index contributed by atoms with van der Waals surface area (Å²) in [6.45, 7) is 4.16. The molecule has 1 fully saturated rings. The van der Waals surface area contributed by atoms with Gasteiger partial charge in [-0.25, -0.2) is 0 Å². The molecule has 1 saturated carbocycles.